The third kappa shape index (κ3) is 4.80. The number of carbonyl (C=O) groups is 1. The first-order valence-electron chi connectivity index (χ1n) is 9.78. The molecule has 0 spiro atoms. The van der Waals surface area contributed by atoms with E-state index in [4.69, 9.17) is 4.74 Å². The number of nitrogens with one attached hydrogen (secondary N) is 1. The third-order valence-corrected chi connectivity index (χ3v) is 4.78. The number of hydrogen-bond donors (Lipinski definition) is 1. The van der Waals surface area contributed by atoms with Crippen LogP contribution in [0.1, 0.15) is 28.7 Å². The number of aromatic nitrogens is 6. The smallest absolute Gasteiger partial charge is 0.276 e. The normalized spacial score (nSPS) is 10.9. The van der Waals surface area contributed by atoms with Gasteiger partial charge in [0.1, 0.15) is 11.6 Å². The van der Waals surface area contributed by atoms with E-state index in [1.54, 1.807) is 29.3 Å². The number of benzene rings is 1. The fourth-order valence-corrected chi connectivity index (χ4v) is 3.07. The minimum Gasteiger partial charge on any atom is -0.471 e. The third-order valence-electron chi connectivity index (χ3n) is 4.78. The SMILES string of the molecule is CCn1ncc(Cn2cc(NC(=O)c3ccn(COc4ccc(F)cc4)n3)cn2)c1C. The van der Waals surface area contributed by atoms with Crippen LogP contribution in [0.5, 0.6) is 5.75 Å². The number of nitrogens with zero attached hydrogens (tertiary/aromatic N) is 6. The fraction of sp³-hybridized carbons (Fsp3) is 0.238. The van der Waals surface area contributed by atoms with Gasteiger partial charge in [-0.1, -0.05) is 0 Å². The molecule has 0 aliphatic heterocycles. The Bertz CT molecular complexity index is 1180. The highest BCUT2D eigenvalue weighted by Crippen LogP contribution is 2.13. The molecule has 31 heavy (non-hydrogen) atoms. The average molecular weight is 423 g/mol. The van der Waals surface area contributed by atoms with Gasteiger partial charge in [0.25, 0.3) is 5.91 Å². The molecule has 0 aliphatic carbocycles. The van der Waals surface area contributed by atoms with Crippen molar-refractivity contribution in [3.8, 4) is 5.75 Å². The van der Waals surface area contributed by atoms with Gasteiger partial charge in [-0.2, -0.15) is 15.3 Å². The molecule has 0 bridgehead atoms. The molecular formula is C21H22FN7O2. The second kappa shape index (κ2) is 8.82. The summed E-state index contributed by atoms with van der Waals surface area (Å²) in [5.74, 6) is -0.176. The predicted molar refractivity (Wildman–Crippen MR) is 111 cm³/mol. The van der Waals surface area contributed by atoms with Crippen molar-refractivity contribution in [2.75, 3.05) is 5.32 Å². The van der Waals surface area contributed by atoms with Crippen molar-refractivity contribution in [2.24, 2.45) is 0 Å². The van der Waals surface area contributed by atoms with Crippen LogP contribution in [0.4, 0.5) is 10.1 Å². The molecule has 9 nitrogen and oxygen atoms in total. The quantitative estimate of drug-likeness (QED) is 0.470. The van der Waals surface area contributed by atoms with Crippen LogP contribution in [0.2, 0.25) is 0 Å². The minimum atomic E-state index is -0.352. The first kappa shape index (κ1) is 20.3. The van der Waals surface area contributed by atoms with E-state index in [9.17, 15) is 9.18 Å². The van der Waals surface area contributed by atoms with Crippen LogP contribution in [0.15, 0.2) is 55.1 Å². The molecule has 10 heteroatoms. The summed E-state index contributed by atoms with van der Waals surface area (Å²) in [7, 11) is 0. The van der Waals surface area contributed by atoms with Crippen molar-refractivity contribution in [1.29, 1.82) is 0 Å². The first-order chi connectivity index (χ1) is 15.0. The average Bonchev–Trinajstić information content (AvgIpc) is 3.49. The lowest BCUT2D eigenvalue weighted by Crippen LogP contribution is -2.14. The molecule has 3 aromatic heterocycles. The molecule has 1 amide bonds. The molecule has 0 saturated carbocycles. The number of aryl methyl sites for hydroxylation is 1. The number of hydrogen-bond acceptors (Lipinski definition) is 5. The Morgan fingerprint density at radius 1 is 1.13 bits per heavy atom. The maximum absolute atomic E-state index is 12.9. The summed E-state index contributed by atoms with van der Waals surface area (Å²) in [4.78, 5) is 12.5. The molecule has 4 aromatic rings. The Hall–Kier alpha value is -3.95. The molecule has 0 unspecified atom stereocenters. The molecule has 160 valence electrons. The zero-order chi connectivity index (χ0) is 21.8. The molecule has 4 rings (SSSR count). The summed E-state index contributed by atoms with van der Waals surface area (Å²) in [6, 6.07) is 7.28. The molecule has 1 N–H and O–H groups in total. The van der Waals surface area contributed by atoms with Crippen LogP contribution >= 0.6 is 0 Å². The maximum Gasteiger partial charge on any atom is 0.276 e. The van der Waals surface area contributed by atoms with Gasteiger partial charge in [0.15, 0.2) is 12.4 Å². The van der Waals surface area contributed by atoms with E-state index in [0.29, 0.717) is 18.0 Å². The topological polar surface area (TPSA) is 91.8 Å². The second-order valence-electron chi connectivity index (χ2n) is 6.92. The van der Waals surface area contributed by atoms with Crippen LogP contribution in [0.25, 0.3) is 0 Å². The molecule has 1 aromatic carbocycles. The molecule has 3 heterocycles. The maximum atomic E-state index is 12.9. The van der Waals surface area contributed by atoms with Crippen molar-refractivity contribution in [1.82, 2.24) is 29.3 Å². The second-order valence-corrected chi connectivity index (χ2v) is 6.92. The summed E-state index contributed by atoms with van der Waals surface area (Å²) in [5.41, 5.74) is 2.98. The van der Waals surface area contributed by atoms with Crippen molar-refractivity contribution in [3.05, 3.63) is 77.9 Å². The Balaban J connectivity index is 1.33. The Kier molecular flexibility index (Phi) is 5.78. The highest BCUT2D eigenvalue weighted by molar-refractivity contribution is 6.02. The van der Waals surface area contributed by atoms with E-state index in [0.717, 1.165) is 17.8 Å². The van der Waals surface area contributed by atoms with Gasteiger partial charge in [0.05, 0.1) is 24.6 Å². The zero-order valence-electron chi connectivity index (χ0n) is 17.2. The van der Waals surface area contributed by atoms with E-state index in [1.165, 1.54) is 28.9 Å². The highest BCUT2D eigenvalue weighted by Gasteiger charge is 2.12. The lowest BCUT2D eigenvalue weighted by Gasteiger charge is -2.05. The van der Waals surface area contributed by atoms with E-state index in [2.05, 4.69) is 20.6 Å². The summed E-state index contributed by atoms with van der Waals surface area (Å²) in [5, 5.41) is 15.6. The molecule has 0 fully saturated rings. The van der Waals surface area contributed by atoms with E-state index in [1.807, 2.05) is 24.7 Å². The number of ether oxygens (including phenoxy) is 1. The number of rotatable bonds is 8. The summed E-state index contributed by atoms with van der Waals surface area (Å²) >= 11 is 0. The van der Waals surface area contributed by atoms with Gasteiger partial charge in [-0.25, -0.2) is 9.07 Å². The fourth-order valence-electron chi connectivity index (χ4n) is 3.07. The Morgan fingerprint density at radius 2 is 1.94 bits per heavy atom. The summed E-state index contributed by atoms with van der Waals surface area (Å²) in [6.07, 6.45) is 6.82. The lowest BCUT2D eigenvalue weighted by atomic mass is 10.2. The van der Waals surface area contributed by atoms with Crippen LogP contribution in [-0.2, 0) is 19.8 Å². The zero-order valence-corrected chi connectivity index (χ0v) is 17.2. The van der Waals surface area contributed by atoms with Gasteiger partial charge < -0.3 is 10.1 Å². The van der Waals surface area contributed by atoms with Crippen LogP contribution < -0.4 is 10.1 Å². The lowest BCUT2D eigenvalue weighted by molar-refractivity contribution is 0.102. The summed E-state index contributed by atoms with van der Waals surface area (Å²) < 4.78 is 23.6. The largest absolute Gasteiger partial charge is 0.471 e. The molecule has 0 atom stereocenters. The van der Waals surface area contributed by atoms with E-state index in [-0.39, 0.29) is 24.1 Å². The molecule has 0 radical (unpaired) electrons. The van der Waals surface area contributed by atoms with Gasteiger partial charge in [0, 0.05) is 30.2 Å². The number of amides is 1. The van der Waals surface area contributed by atoms with Crippen LogP contribution in [0.3, 0.4) is 0 Å². The number of anilines is 1. The van der Waals surface area contributed by atoms with E-state index >= 15 is 0 Å². The Labute approximate surface area is 178 Å². The standard InChI is InChI=1S/C21H22FN7O2/c1-3-29-15(2)16(10-24-29)12-28-13-18(11-23-28)25-21(30)20-8-9-27(26-20)14-31-19-6-4-17(22)5-7-19/h4-11,13H,3,12,14H2,1-2H3,(H,25,30). The van der Waals surface area contributed by atoms with Crippen molar-refractivity contribution < 1.29 is 13.9 Å². The van der Waals surface area contributed by atoms with Crippen molar-refractivity contribution >= 4 is 11.6 Å². The number of carbonyl (C=O) groups excluding carboxylic acids is 1. The number of halogens is 1. The van der Waals surface area contributed by atoms with Crippen molar-refractivity contribution in [3.63, 3.8) is 0 Å². The highest BCUT2D eigenvalue weighted by atomic mass is 19.1. The van der Waals surface area contributed by atoms with Gasteiger partial charge in [-0.05, 0) is 44.2 Å². The van der Waals surface area contributed by atoms with Gasteiger partial charge >= 0.3 is 0 Å². The predicted octanol–water partition coefficient (Wildman–Crippen LogP) is 3.08. The Morgan fingerprint density at radius 3 is 2.68 bits per heavy atom. The summed E-state index contributed by atoms with van der Waals surface area (Å²) in [6.45, 7) is 5.54. The monoisotopic (exact) mass is 423 g/mol. The molecule has 0 saturated heterocycles. The minimum absolute atomic E-state index is 0.0988. The van der Waals surface area contributed by atoms with E-state index < -0.39 is 0 Å². The van der Waals surface area contributed by atoms with Gasteiger partial charge in [-0.15, -0.1) is 0 Å². The molecule has 0 aliphatic rings. The molecular weight excluding hydrogens is 401 g/mol. The van der Waals surface area contributed by atoms with Crippen molar-refractivity contribution in [2.45, 2.75) is 33.7 Å². The van der Waals surface area contributed by atoms with Crippen LogP contribution in [0, 0.1) is 12.7 Å². The van der Waals surface area contributed by atoms with Gasteiger partial charge in [0.2, 0.25) is 0 Å². The van der Waals surface area contributed by atoms with Gasteiger partial charge in [-0.3, -0.25) is 14.2 Å². The van der Waals surface area contributed by atoms with Crippen LogP contribution in [-0.4, -0.2) is 35.2 Å². The first-order valence-corrected chi connectivity index (χ1v) is 9.78.